The van der Waals surface area contributed by atoms with Crippen molar-refractivity contribution in [2.75, 3.05) is 11.4 Å². The Labute approximate surface area is 166 Å². The molecule has 0 saturated carbocycles. The Bertz CT molecular complexity index is 902. The topological polar surface area (TPSA) is 49.4 Å². The van der Waals surface area contributed by atoms with E-state index in [4.69, 9.17) is 0 Å². The Morgan fingerprint density at radius 2 is 1.93 bits per heavy atom. The predicted octanol–water partition coefficient (Wildman–Crippen LogP) is 4.40. The number of hydrogen-bond donors (Lipinski definition) is 1. The van der Waals surface area contributed by atoms with Crippen LogP contribution in [0.5, 0.6) is 0 Å². The summed E-state index contributed by atoms with van der Waals surface area (Å²) < 4.78 is 0. The predicted molar refractivity (Wildman–Crippen MR) is 111 cm³/mol. The van der Waals surface area contributed by atoms with Gasteiger partial charge in [0.05, 0.1) is 13.0 Å². The highest BCUT2D eigenvalue weighted by molar-refractivity contribution is 6.03. The zero-order chi connectivity index (χ0) is 19.3. The van der Waals surface area contributed by atoms with E-state index in [0.29, 0.717) is 25.1 Å². The number of carbonyl (C=O) groups excluding carboxylic acids is 2. The lowest BCUT2D eigenvalue weighted by Crippen LogP contribution is -2.26. The van der Waals surface area contributed by atoms with Crippen molar-refractivity contribution in [3.05, 3.63) is 76.9 Å². The van der Waals surface area contributed by atoms with Gasteiger partial charge in [0.1, 0.15) is 0 Å². The van der Waals surface area contributed by atoms with Gasteiger partial charge in [-0.2, -0.15) is 0 Å². The summed E-state index contributed by atoms with van der Waals surface area (Å²) in [5.74, 6) is 0.0221. The number of amides is 2. The average molecular weight is 374 g/mol. The molecule has 0 bridgehead atoms. The van der Waals surface area contributed by atoms with Gasteiger partial charge < -0.3 is 10.2 Å². The van der Waals surface area contributed by atoms with Crippen molar-refractivity contribution in [3.63, 3.8) is 0 Å². The first kappa shape index (κ1) is 18.5. The molecule has 2 aromatic carbocycles. The van der Waals surface area contributed by atoms with Crippen LogP contribution in [0.15, 0.2) is 60.2 Å². The van der Waals surface area contributed by atoms with E-state index in [-0.39, 0.29) is 11.8 Å². The van der Waals surface area contributed by atoms with Gasteiger partial charge in [0.15, 0.2) is 0 Å². The van der Waals surface area contributed by atoms with Gasteiger partial charge in [0, 0.05) is 17.8 Å². The van der Waals surface area contributed by atoms with Crippen LogP contribution in [0.3, 0.4) is 0 Å². The minimum Gasteiger partial charge on any atom is -0.352 e. The van der Waals surface area contributed by atoms with Crippen LogP contribution in [0.2, 0.25) is 0 Å². The molecular weight excluding hydrogens is 348 g/mol. The van der Waals surface area contributed by atoms with Crippen LogP contribution in [0, 0.1) is 0 Å². The molecular formula is C24H26N2O2. The van der Waals surface area contributed by atoms with E-state index in [2.05, 4.69) is 11.4 Å². The Balaban J connectivity index is 1.39. The molecule has 2 amide bonds. The number of fused-ring (bicyclic) bond motifs is 1. The first-order valence-corrected chi connectivity index (χ1v) is 10.1. The summed E-state index contributed by atoms with van der Waals surface area (Å²) in [6.07, 6.45) is 8.48. The lowest BCUT2D eigenvalue weighted by atomic mass is 9.97. The molecule has 0 spiro atoms. The van der Waals surface area contributed by atoms with Gasteiger partial charge in [-0.1, -0.05) is 42.0 Å². The maximum absolute atomic E-state index is 12.5. The molecule has 0 unspecified atom stereocenters. The van der Waals surface area contributed by atoms with E-state index < -0.39 is 0 Å². The molecule has 4 nitrogen and oxygen atoms in total. The van der Waals surface area contributed by atoms with Crippen LogP contribution in [0.25, 0.3) is 0 Å². The molecule has 4 rings (SSSR count). The van der Waals surface area contributed by atoms with E-state index in [1.165, 1.54) is 24.8 Å². The maximum Gasteiger partial charge on any atom is 0.251 e. The Morgan fingerprint density at radius 3 is 2.71 bits per heavy atom. The van der Waals surface area contributed by atoms with E-state index in [9.17, 15) is 9.59 Å². The molecule has 2 aromatic rings. The van der Waals surface area contributed by atoms with Crippen molar-refractivity contribution >= 4 is 17.5 Å². The SMILES string of the molecule is O=C(NCCC1=CCCCC1)c1ccc2c(c1)CC(=O)N2Cc1ccccc1. The monoisotopic (exact) mass is 374 g/mol. The van der Waals surface area contributed by atoms with E-state index in [1.807, 2.05) is 53.4 Å². The number of nitrogens with zero attached hydrogens (tertiary/aromatic N) is 1. The highest BCUT2D eigenvalue weighted by Crippen LogP contribution is 2.31. The molecule has 1 aliphatic heterocycles. The molecule has 0 aromatic heterocycles. The smallest absolute Gasteiger partial charge is 0.251 e. The second-order valence-corrected chi connectivity index (χ2v) is 7.60. The molecule has 144 valence electrons. The largest absolute Gasteiger partial charge is 0.352 e. The zero-order valence-corrected chi connectivity index (χ0v) is 16.1. The summed E-state index contributed by atoms with van der Waals surface area (Å²) in [5, 5.41) is 3.02. The number of anilines is 1. The number of carbonyl (C=O) groups is 2. The lowest BCUT2D eigenvalue weighted by Gasteiger charge is -2.18. The van der Waals surface area contributed by atoms with Gasteiger partial charge >= 0.3 is 0 Å². The highest BCUT2D eigenvalue weighted by Gasteiger charge is 2.28. The summed E-state index contributed by atoms with van der Waals surface area (Å²) in [7, 11) is 0. The molecule has 28 heavy (non-hydrogen) atoms. The Hall–Kier alpha value is -2.88. The normalized spacial score (nSPS) is 15.9. The van der Waals surface area contributed by atoms with Crippen LogP contribution < -0.4 is 10.2 Å². The number of benzene rings is 2. The van der Waals surface area contributed by atoms with Crippen molar-refractivity contribution in [2.45, 2.75) is 45.1 Å². The number of allylic oxidation sites excluding steroid dienone is 1. The third-order valence-corrected chi connectivity index (χ3v) is 5.58. The lowest BCUT2D eigenvalue weighted by molar-refractivity contribution is -0.117. The molecule has 2 aliphatic rings. The second-order valence-electron chi connectivity index (χ2n) is 7.60. The zero-order valence-electron chi connectivity index (χ0n) is 16.1. The van der Waals surface area contributed by atoms with Crippen molar-refractivity contribution in [1.29, 1.82) is 0 Å². The number of nitrogens with one attached hydrogen (secondary N) is 1. The maximum atomic E-state index is 12.5. The van der Waals surface area contributed by atoms with Crippen molar-refractivity contribution < 1.29 is 9.59 Å². The standard InChI is InChI=1S/C24H26N2O2/c27-23-16-21-15-20(24(28)25-14-13-18-7-3-1-4-8-18)11-12-22(21)26(23)17-19-9-5-2-6-10-19/h2,5-7,9-12,15H,1,3-4,8,13-14,16-17H2,(H,25,28). The fourth-order valence-corrected chi connectivity index (χ4v) is 4.03. The van der Waals surface area contributed by atoms with E-state index in [1.54, 1.807) is 0 Å². The molecule has 1 heterocycles. The van der Waals surface area contributed by atoms with Crippen molar-refractivity contribution in [1.82, 2.24) is 5.32 Å². The molecule has 0 radical (unpaired) electrons. The van der Waals surface area contributed by atoms with Crippen LogP contribution in [-0.4, -0.2) is 18.4 Å². The summed E-state index contributed by atoms with van der Waals surface area (Å²) in [6, 6.07) is 15.6. The number of hydrogen-bond acceptors (Lipinski definition) is 2. The summed E-state index contributed by atoms with van der Waals surface area (Å²) in [6.45, 7) is 1.23. The van der Waals surface area contributed by atoms with Crippen molar-refractivity contribution in [3.8, 4) is 0 Å². The van der Waals surface area contributed by atoms with Gasteiger partial charge in [-0.3, -0.25) is 9.59 Å². The average Bonchev–Trinajstić information content (AvgIpc) is 3.04. The minimum absolute atomic E-state index is 0.0619. The molecule has 4 heteroatoms. The molecule has 1 aliphatic carbocycles. The summed E-state index contributed by atoms with van der Waals surface area (Å²) in [4.78, 5) is 26.8. The first-order chi connectivity index (χ1) is 13.7. The summed E-state index contributed by atoms with van der Waals surface area (Å²) >= 11 is 0. The van der Waals surface area contributed by atoms with Gasteiger partial charge in [0.25, 0.3) is 5.91 Å². The molecule has 0 atom stereocenters. The van der Waals surface area contributed by atoms with E-state index >= 15 is 0 Å². The van der Waals surface area contributed by atoms with Gasteiger partial charge in [-0.25, -0.2) is 0 Å². The van der Waals surface area contributed by atoms with Gasteiger partial charge in [-0.15, -0.1) is 0 Å². The minimum atomic E-state index is -0.0619. The Morgan fingerprint density at radius 1 is 1.07 bits per heavy atom. The molecule has 0 saturated heterocycles. The first-order valence-electron chi connectivity index (χ1n) is 10.1. The van der Waals surface area contributed by atoms with Crippen molar-refractivity contribution in [2.24, 2.45) is 0 Å². The van der Waals surface area contributed by atoms with Crippen LogP contribution in [0.1, 0.15) is 53.6 Å². The summed E-state index contributed by atoms with van der Waals surface area (Å²) in [5.41, 5.74) is 5.04. The number of rotatable bonds is 6. The fraction of sp³-hybridized carbons (Fsp3) is 0.333. The Kier molecular flexibility index (Phi) is 5.56. The van der Waals surface area contributed by atoms with Crippen LogP contribution in [-0.2, 0) is 17.8 Å². The molecule has 1 N–H and O–H groups in total. The van der Waals surface area contributed by atoms with Gasteiger partial charge in [0.2, 0.25) is 5.91 Å². The third kappa shape index (κ3) is 4.16. The van der Waals surface area contributed by atoms with Gasteiger partial charge in [-0.05, 0) is 61.4 Å². The third-order valence-electron chi connectivity index (χ3n) is 5.58. The second kappa shape index (κ2) is 8.42. The highest BCUT2D eigenvalue weighted by atomic mass is 16.2. The van der Waals surface area contributed by atoms with Crippen LogP contribution >= 0.6 is 0 Å². The fourth-order valence-electron chi connectivity index (χ4n) is 4.03. The van der Waals surface area contributed by atoms with Crippen LogP contribution in [0.4, 0.5) is 5.69 Å². The quantitative estimate of drug-likeness (QED) is 0.762. The van der Waals surface area contributed by atoms with E-state index in [0.717, 1.165) is 29.7 Å². The molecule has 0 fully saturated rings.